The molecule has 6 nitrogen and oxygen atoms in total. The summed E-state index contributed by atoms with van der Waals surface area (Å²) < 4.78 is 1.85. The number of nitrogens with one attached hydrogen (secondary N) is 3. The van der Waals surface area contributed by atoms with Crippen molar-refractivity contribution in [3.05, 3.63) is 65.7 Å². The summed E-state index contributed by atoms with van der Waals surface area (Å²) in [6.45, 7) is 4.82. The maximum Gasteiger partial charge on any atom is 0.280 e. The molecular formula is C25H31N5O+2. The maximum atomic E-state index is 12.9. The van der Waals surface area contributed by atoms with Gasteiger partial charge in [0.15, 0.2) is 6.54 Å². The minimum atomic E-state index is 0.0483. The zero-order chi connectivity index (χ0) is 21.2. The summed E-state index contributed by atoms with van der Waals surface area (Å²) in [7, 11) is 2.22. The van der Waals surface area contributed by atoms with Crippen molar-refractivity contribution < 1.29 is 14.6 Å². The molecule has 160 valence electrons. The molecule has 3 aromatic rings. The van der Waals surface area contributed by atoms with E-state index in [1.54, 1.807) is 4.90 Å². The predicted molar refractivity (Wildman–Crippen MR) is 122 cm³/mol. The van der Waals surface area contributed by atoms with Crippen molar-refractivity contribution in [3.8, 4) is 16.9 Å². The molecule has 1 aliphatic carbocycles. The Labute approximate surface area is 183 Å². The highest BCUT2D eigenvalue weighted by molar-refractivity contribution is 5.91. The van der Waals surface area contributed by atoms with Gasteiger partial charge in [-0.2, -0.15) is 5.10 Å². The second kappa shape index (κ2) is 8.65. The van der Waals surface area contributed by atoms with Gasteiger partial charge in [-0.3, -0.25) is 4.79 Å². The summed E-state index contributed by atoms with van der Waals surface area (Å²) in [6, 6.07) is 18.7. The molecule has 1 aromatic heterocycles. The third-order valence-electron chi connectivity index (χ3n) is 6.59. The highest BCUT2D eigenvalue weighted by Crippen LogP contribution is 2.29. The number of piperazine rings is 1. The van der Waals surface area contributed by atoms with Crippen LogP contribution in [0.5, 0.6) is 0 Å². The van der Waals surface area contributed by atoms with Gasteiger partial charge in [-0.1, -0.05) is 30.3 Å². The molecule has 1 saturated heterocycles. The van der Waals surface area contributed by atoms with Gasteiger partial charge in [0, 0.05) is 11.6 Å². The largest absolute Gasteiger partial charge is 0.328 e. The zero-order valence-corrected chi connectivity index (χ0v) is 18.2. The maximum absolute atomic E-state index is 12.9. The molecule has 31 heavy (non-hydrogen) atoms. The molecule has 1 fully saturated rings. The van der Waals surface area contributed by atoms with Gasteiger partial charge in [-0.05, 0) is 48.6 Å². The molecular weight excluding hydrogens is 386 g/mol. The number of carbonyl (C=O) groups is 1. The van der Waals surface area contributed by atoms with E-state index in [9.17, 15) is 4.79 Å². The Morgan fingerprint density at radius 1 is 1.00 bits per heavy atom. The topological polar surface area (TPSA) is 55.8 Å². The molecule has 3 N–H and O–H groups in total. The van der Waals surface area contributed by atoms with E-state index < -0.39 is 0 Å². The van der Waals surface area contributed by atoms with E-state index in [-0.39, 0.29) is 5.91 Å². The lowest BCUT2D eigenvalue weighted by Crippen LogP contribution is -3.27. The van der Waals surface area contributed by atoms with Gasteiger partial charge < -0.3 is 15.1 Å². The first kappa shape index (κ1) is 20.0. The van der Waals surface area contributed by atoms with Gasteiger partial charge in [0.2, 0.25) is 0 Å². The van der Waals surface area contributed by atoms with Crippen molar-refractivity contribution in [1.82, 2.24) is 9.78 Å². The van der Waals surface area contributed by atoms with Crippen molar-refractivity contribution in [2.45, 2.75) is 19.3 Å². The van der Waals surface area contributed by atoms with Crippen LogP contribution in [-0.2, 0) is 17.6 Å². The van der Waals surface area contributed by atoms with Crippen molar-refractivity contribution in [2.24, 2.45) is 0 Å². The van der Waals surface area contributed by atoms with Crippen LogP contribution in [0.25, 0.3) is 16.9 Å². The molecule has 0 saturated carbocycles. The lowest BCUT2D eigenvalue weighted by Gasteiger charge is -2.26. The van der Waals surface area contributed by atoms with Crippen LogP contribution in [0.4, 0.5) is 5.82 Å². The second-order valence-corrected chi connectivity index (χ2v) is 8.93. The van der Waals surface area contributed by atoms with Crippen molar-refractivity contribution in [3.63, 3.8) is 0 Å². The third kappa shape index (κ3) is 4.40. The number of aryl methyl sites for hydroxylation is 2. The summed E-state index contributed by atoms with van der Waals surface area (Å²) in [4.78, 5) is 15.8. The SMILES string of the molecule is C[NH+]1CC[NH+](CC(=O)Nc2cc(-c3ccc4c(c3)CCC4)nn2-c2ccccc2)CC1. The first-order valence-electron chi connectivity index (χ1n) is 11.4. The van der Waals surface area contributed by atoms with E-state index in [2.05, 4.69) is 30.6 Å². The van der Waals surface area contributed by atoms with E-state index >= 15 is 0 Å². The van der Waals surface area contributed by atoms with Crippen LogP contribution in [0.15, 0.2) is 54.6 Å². The minimum absolute atomic E-state index is 0.0483. The molecule has 1 aliphatic heterocycles. The first-order valence-corrected chi connectivity index (χ1v) is 11.4. The number of quaternary nitrogens is 2. The number of hydrogen-bond acceptors (Lipinski definition) is 2. The molecule has 0 unspecified atom stereocenters. The quantitative estimate of drug-likeness (QED) is 0.562. The molecule has 2 heterocycles. The van der Waals surface area contributed by atoms with E-state index in [0.717, 1.165) is 55.4 Å². The van der Waals surface area contributed by atoms with E-state index in [1.807, 2.05) is 41.1 Å². The second-order valence-electron chi connectivity index (χ2n) is 8.93. The number of carbonyl (C=O) groups excluding carboxylic acids is 1. The number of fused-ring (bicyclic) bond motifs is 1. The highest BCUT2D eigenvalue weighted by atomic mass is 16.2. The van der Waals surface area contributed by atoms with Gasteiger partial charge in [-0.15, -0.1) is 0 Å². The van der Waals surface area contributed by atoms with Crippen LogP contribution in [0.3, 0.4) is 0 Å². The van der Waals surface area contributed by atoms with Gasteiger partial charge in [0.25, 0.3) is 5.91 Å². The zero-order valence-electron chi connectivity index (χ0n) is 18.2. The number of nitrogens with zero attached hydrogens (tertiary/aromatic N) is 2. The molecule has 2 aromatic carbocycles. The summed E-state index contributed by atoms with van der Waals surface area (Å²) in [6.07, 6.45) is 3.54. The smallest absolute Gasteiger partial charge is 0.280 e. The molecule has 2 aliphatic rings. The fourth-order valence-electron chi connectivity index (χ4n) is 4.73. The van der Waals surface area contributed by atoms with Crippen LogP contribution in [0.2, 0.25) is 0 Å². The average molecular weight is 418 g/mol. The minimum Gasteiger partial charge on any atom is -0.328 e. The molecule has 0 spiro atoms. The van der Waals surface area contributed by atoms with Gasteiger partial charge in [0.05, 0.1) is 18.4 Å². The Morgan fingerprint density at radius 3 is 2.58 bits per heavy atom. The fourth-order valence-corrected chi connectivity index (χ4v) is 4.73. The normalized spacial score (nSPS) is 20.4. The summed E-state index contributed by atoms with van der Waals surface area (Å²) in [5.74, 6) is 0.776. The van der Waals surface area contributed by atoms with E-state index in [0.29, 0.717) is 6.54 Å². The number of anilines is 1. The molecule has 0 bridgehead atoms. The molecule has 1 amide bonds. The Hall–Kier alpha value is -2.96. The molecule has 6 heteroatoms. The molecule has 5 rings (SSSR count). The monoisotopic (exact) mass is 417 g/mol. The van der Waals surface area contributed by atoms with Gasteiger partial charge >= 0.3 is 0 Å². The molecule has 0 radical (unpaired) electrons. The van der Waals surface area contributed by atoms with Crippen LogP contribution in [0, 0.1) is 0 Å². The lowest BCUT2D eigenvalue weighted by atomic mass is 10.0. The summed E-state index contributed by atoms with van der Waals surface area (Å²) >= 11 is 0. The van der Waals surface area contributed by atoms with Gasteiger partial charge in [-0.25, -0.2) is 4.68 Å². The lowest BCUT2D eigenvalue weighted by molar-refractivity contribution is -0.999. The number of likely N-dealkylation sites (N-methyl/N-ethyl adjacent to an activating group) is 1. The average Bonchev–Trinajstić information content (AvgIpc) is 3.42. The van der Waals surface area contributed by atoms with Crippen LogP contribution in [-0.4, -0.2) is 55.5 Å². The number of rotatable bonds is 5. The van der Waals surface area contributed by atoms with Gasteiger partial charge in [0.1, 0.15) is 32.0 Å². The summed E-state index contributed by atoms with van der Waals surface area (Å²) in [5, 5.41) is 8.02. The number of hydrogen-bond donors (Lipinski definition) is 3. The van der Waals surface area contributed by atoms with Crippen molar-refractivity contribution in [1.29, 1.82) is 0 Å². The van der Waals surface area contributed by atoms with Crippen LogP contribution < -0.4 is 15.1 Å². The Kier molecular flexibility index (Phi) is 5.57. The summed E-state index contributed by atoms with van der Waals surface area (Å²) in [5.41, 5.74) is 5.83. The number of amides is 1. The fraction of sp³-hybridized carbons (Fsp3) is 0.360. The van der Waals surface area contributed by atoms with E-state index in [4.69, 9.17) is 5.10 Å². The van der Waals surface area contributed by atoms with Crippen LogP contribution in [0.1, 0.15) is 17.5 Å². The number of para-hydroxylation sites is 1. The highest BCUT2D eigenvalue weighted by Gasteiger charge is 2.23. The predicted octanol–water partition coefficient (Wildman–Crippen LogP) is 0.380. The number of benzene rings is 2. The Morgan fingerprint density at radius 2 is 1.77 bits per heavy atom. The Balaban J connectivity index is 1.41. The van der Waals surface area contributed by atoms with E-state index in [1.165, 1.54) is 28.9 Å². The third-order valence-corrected chi connectivity index (χ3v) is 6.59. The first-order chi connectivity index (χ1) is 15.2. The van der Waals surface area contributed by atoms with Crippen molar-refractivity contribution in [2.75, 3.05) is 45.1 Å². The Bertz CT molecular complexity index is 1070. The standard InChI is InChI=1S/C25H29N5O/c1-28-12-14-29(15-13-28)18-25(31)26-24-17-23(27-30(24)22-8-3-2-4-9-22)21-11-10-19-6-5-7-20(19)16-21/h2-4,8-11,16-17H,5-7,12-15,18H2,1H3,(H,26,31)/p+2. The van der Waals surface area contributed by atoms with Crippen molar-refractivity contribution >= 4 is 11.7 Å². The molecule has 0 atom stereocenters. The number of aromatic nitrogens is 2. The van der Waals surface area contributed by atoms with Crippen LogP contribution >= 0.6 is 0 Å².